The van der Waals surface area contributed by atoms with Crippen molar-refractivity contribution >= 4 is 27.4 Å². The molecular formula is C11H10O3S. The molecule has 1 aromatic heterocycles. The summed E-state index contributed by atoms with van der Waals surface area (Å²) in [5, 5.41) is 21.1. The van der Waals surface area contributed by atoms with Crippen molar-refractivity contribution in [2.75, 3.05) is 0 Å². The third-order valence-corrected chi connectivity index (χ3v) is 3.41. The first-order valence-electron chi connectivity index (χ1n) is 4.53. The number of rotatable bonds is 2. The van der Waals surface area contributed by atoms with Crippen molar-refractivity contribution in [2.45, 2.75) is 12.8 Å². The maximum atomic E-state index is 10.9. The Balaban J connectivity index is 2.67. The zero-order valence-electron chi connectivity index (χ0n) is 8.10. The quantitative estimate of drug-likeness (QED) is 0.821. The van der Waals surface area contributed by atoms with Gasteiger partial charge in [-0.3, -0.25) is 4.79 Å². The van der Waals surface area contributed by atoms with E-state index < -0.39 is 11.9 Å². The zero-order chi connectivity index (χ0) is 11.0. The number of phenols is 1. The van der Waals surface area contributed by atoms with Crippen LogP contribution in [0, 0.1) is 0 Å². The van der Waals surface area contributed by atoms with E-state index in [4.69, 9.17) is 5.11 Å². The first kappa shape index (κ1) is 9.98. The standard InChI is InChI=1S/C11H10O3S/c1-6(11(13)14)7-5-15-9-4-2-3-8(12)10(7)9/h2-6,12H,1H3,(H,13,14). The molecule has 0 radical (unpaired) electrons. The van der Waals surface area contributed by atoms with E-state index in [0.717, 1.165) is 4.70 Å². The number of phenolic OH excluding ortho intramolecular Hbond substituents is 1. The van der Waals surface area contributed by atoms with E-state index in [1.54, 1.807) is 24.4 Å². The van der Waals surface area contributed by atoms with Gasteiger partial charge in [-0.1, -0.05) is 6.07 Å². The van der Waals surface area contributed by atoms with Crippen molar-refractivity contribution < 1.29 is 15.0 Å². The number of benzene rings is 1. The van der Waals surface area contributed by atoms with Crippen LogP contribution >= 0.6 is 11.3 Å². The molecule has 1 heterocycles. The largest absolute Gasteiger partial charge is 0.507 e. The Labute approximate surface area is 90.6 Å². The minimum Gasteiger partial charge on any atom is -0.507 e. The Bertz CT molecular complexity index is 516. The number of hydrogen-bond donors (Lipinski definition) is 2. The lowest BCUT2D eigenvalue weighted by molar-refractivity contribution is -0.138. The molecule has 2 N–H and O–H groups in total. The number of carboxylic acids is 1. The summed E-state index contributed by atoms with van der Waals surface area (Å²) in [5.41, 5.74) is 0.681. The second kappa shape index (κ2) is 3.55. The van der Waals surface area contributed by atoms with Gasteiger partial charge in [-0.05, 0) is 30.0 Å². The van der Waals surface area contributed by atoms with Gasteiger partial charge in [0.25, 0.3) is 0 Å². The molecule has 0 spiro atoms. The van der Waals surface area contributed by atoms with Crippen LogP contribution in [0.5, 0.6) is 5.75 Å². The number of thiophene rings is 1. The average Bonchev–Trinajstić information content (AvgIpc) is 2.61. The van der Waals surface area contributed by atoms with Gasteiger partial charge in [0.05, 0.1) is 5.92 Å². The Kier molecular flexibility index (Phi) is 2.36. The third-order valence-electron chi connectivity index (χ3n) is 2.44. The molecule has 1 unspecified atom stereocenters. The summed E-state index contributed by atoms with van der Waals surface area (Å²) >= 11 is 1.45. The van der Waals surface area contributed by atoms with Crippen molar-refractivity contribution in [1.29, 1.82) is 0 Å². The van der Waals surface area contributed by atoms with Gasteiger partial charge >= 0.3 is 5.97 Å². The minimum atomic E-state index is -0.877. The van der Waals surface area contributed by atoms with Crippen LogP contribution in [0.1, 0.15) is 18.4 Å². The van der Waals surface area contributed by atoms with E-state index in [0.29, 0.717) is 10.9 Å². The summed E-state index contributed by atoms with van der Waals surface area (Å²) in [6.45, 7) is 1.62. The van der Waals surface area contributed by atoms with Crippen molar-refractivity contribution in [2.24, 2.45) is 0 Å². The lowest BCUT2D eigenvalue weighted by Gasteiger charge is -2.05. The van der Waals surface area contributed by atoms with Crippen LogP contribution in [0.15, 0.2) is 23.6 Å². The first-order chi connectivity index (χ1) is 7.11. The van der Waals surface area contributed by atoms with E-state index in [2.05, 4.69) is 0 Å². The minimum absolute atomic E-state index is 0.150. The van der Waals surface area contributed by atoms with Crippen molar-refractivity contribution in [3.05, 3.63) is 29.1 Å². The van der Waals surface area contributed by atoms with Crippen LogP contribution in [0.2, 0.25) is 0 Å². The molecule has 1 atom stereocenters. The fraction of sp³-hybridized carbons (Fsp3) is 0.182. The molecule has 2 rings (SSSR count). The van der Waals surface area contributed by atoms with E-state index in [9.17, 15) is 9.90 Å². The first-order valence-corrected chi connectivity index (χ1v) is 5.41. The van der Waals surface area contributed by atoms with Gasteiger partial charge in [-0.15, -0.1) is 11.3 Å². The number of hydrogen-bond acceptors (Lipinski definition) is 3. The predicted molar refractivity (Wildman–Crippen MR) is 59.5 cm³/mol. The van der Waals surface area contributed by atoms with Gasteiger partial charge in [0.15, 0.2) is 0 Å². The van der Waals surface area contributed by atoms with Crippen LogP contribution in [-0.2, 0) is 4.79 Å². The summed E-state index contributed by atoms with van der Waals surface area (Å²) < 4.78 is 0.915. The van der Waals surface area contributed by atoms with Crippen LogP contribution in [0.4, 0.5) is 0 Å². The normalized spacial score (nSPS) is 12.9. The summed E-state index contributed by atoms with van der Waals surface area (Å²) in [4.78, 5) is 10.9. The second-order valence-electron chi connectivity index (χ2n) is 3.40. The highest BCUT2D eigenvalue weighted by molar-refractivity contribution is 7.17. The fourth-order valence-electron chi connectivity index (χ4n) is 1.55. The zero-order valence-corrected chi connectivity index (χ0v) is 8.91. The summed E-state index contributed by atoms with van der Waals surface area (Å²) in [7, 11) is 0. The van der Waals surface area contributed by atoms with Gasteiger partial charge in [0.1, 0.15) is 5.75 Å². The van der Waals surface area contributed by atoms with Gasteiger partial charge in [-0.25, -0.2) is 0 Å². The lowest BCUT2D eigenvalue weighted by atomic mass is 10.0. The van der Waals surface area contributed by atoms with Crippen molar-refractivity contribution in [1.82, 2.24) is 0 Å². The van der Waals surface area contributed by atoms with Gasteiger partial charge in [-0.2, -0.15) is 0 Å². The topological polar surface area (TPSA) is 57.5 Å². The van der Waals surface area contributed by atoms with E-state index in [-0.39, 0.29) is 5.75 Å². The molecule has 2 aromatic rings. The van der Waals surface area contributed by atoms with E-state index >= 15 is 0 Å². The molecule has 0 aliphatic heterocycles. The predicted octanol–water partition coefficient (Wildman–Crippen LogP) is 2.80. The van der Waals surface area contributed by atoms with Crippen LogP contribution in [-0.4, -0.2) is 16.2 Å². The molecule has 0 fully saturated rings. The molecule has 78 valence electrons. The van der Waals surface area contributed by atoms with Crippen LogP contribution < -0.4 is 0 Å². The molecule has 1 aromatic carbocycles. The number of aliphatic carboxylic acids is 1. The summed E-state index contributed by atoms with van der Waals surface area (Å²) in [6.07, 6.45) is 0. The smallest absolute Gasteiger partial charge is 0.310 e. The second-order valence-corrected chi connectivity index (χ2v) is 4.31. The molecule has 15 heavy (non-hydrogen) atoms. The Morgan fingerprint density at radius 3 is 2.87 bits per heavy atom. The fourth-order valence-corrected chi connectivity index (χ4v) is 2.62. The van der Waals surface area contributed by atoms with E-state index in [1.807, 2.05) is 6.07 Å². The summed E-state index contributed by atoms with van der Waals surface area (Å²) in [5.74, 6) is -1.32. The van der Waals surface area contributed by atoms with Crippen LogP contribution in [0.3, 0.4) is 0 Å². The van der Waals surface area contributed by atoms with E-state index in [1.165, 1.54) is 11.3 Å². The number of carboxylic acid groups (broad SMARTS) is 1. The summed E-state index contributed by atoms with van der Waals surface area (Å²) in [6, 6.07) is 5.20. The van der Waals surface area contributed by atoms with Crippen LogP contribution in [0.25, 0.3) is 10.1 Å². The average molecular weight is 222 g/mol. The Morgan fingerprint density at radius 2 is 2.20 bits per heavy atom. The molecule has 0 aliphatic carbocycles. The molecule has 0 bridgehead atoms. The molecule has 0 aliphatic rings. The lowest BCUT2D eigenvalue weighted by Crippen LogP contribution is -2.06. The van der Waals surface area contributed by atoms with Gasteiger partial charge in [0.2, 0.25) is 0 Å². The Hall–Kier alpha value is -1.55. The molecule has 3 nitrogen and oxygen atoms in total. The highest BCUT2D eigenvalue weighted by Gasteiger charge is 2.19. The monoisotopic (exact) mass is 222 g/mol. The van der Waals surface area contributed by atoms with Crippen molar-refractivity contribution in [3.8, 4) is 5.75 Å². The molecule has 4 heteroatoms. The third kappa shape index (κ3) is 1.57. The highest BCUT2D eigenvalue weighted by atomic mass is 32.1. The Morgan fingerprint density at radius 1 is 1.47 bits per heavy atom. The molecule has 0 saturated heterocycles. The highest BCUT2D eigenvalue weighted by Crippen LogP contribution is 2.36. The number of fused-ring (bicyclic) bond motifs is 1. The van der Waals surface area contributed by atoms with Gasteiger partial charge in [0, 0.05) is 10.1 Å². The molecule has 0 saturated carbocycles. The number of carbonyl (C=O) groups is 1. The maximum Gasteiger partial charge on any atom is 0.310 e. The number of aromatic hydroxyl groups is 1. The van der Waals surface area contributed by atoms with Crippen molar-refractivity contribution in [3.63, 3.8) is 0 Å². The maximum absolute atomic E-state index is 10.9. The molecule has 0 amide bonds. The SMILES string of the molecule is CC(C(=O)O)c1csc2cccc(O)c12. The molecular weight excluding hydrogens is 212 g/mol. The van der Waals surface area contributed by atoms with Gasteiger partial charge < -0.3 is 10.2 Å².